The minimum atomic E-state index is -0.344. The molecule has 0 spiro atoms. The van der Waals surface area contributed by atoms with Gasteiger partial charge in [0.25, 0.3) is 0 Å². The van der Waals surface area contributed by atoms with Crippen molar-refractivity contribution in [2.75, 3.05) is 13.2 Å². The Labute approximate surface area is 199 Å². The molecule has 174 valence electrons. The summed E-state index contributed by atoms with van der Waals surface area (Å²) in [6, 6.07) is 16.4. The predicted molar refractivity (Wildman–Crippen MR) is 132 cm³/mol. The van der Waals surface area contributed by atoms with Crippen LogP contribution in [0, 0.1) is 6.92 Å². The molecule has 0 aliphatic carbocycles. The van der Waals surface area contributed by atoms with Gasteiger partial charge < -0.3 is 14.6 Å². The van der Waals surface area contributed by atoms with E-state index in [4.69, 9.17) is 9.47 Å². The lowest BCUT2D eigenvalue weighted by Crippen LogP contribution is -2.32. The Kier molecular flexibility index (Phi) is 6.04. The number of rotatable bonds is 8. The standard InChI is InChI=1S/C25H24N4O4S/c1-3-32-21(15-33-20-9-10-22-23(12-20)34-16(2)26-22)14-29-25(31)28-13-18(6-11-24(28)27-29)17-4-7-19(30)8-5-17/h4-13,21,30H,3,14-15H2,1-2H3. The Hall–Kier alpha value is -3.69. The van der Waals surface area contributed by atoms with Crippen LogP contribution in [-0.4, -0.2) is 43.6 Å². The second-order valence-corrected chi connectivity index (χ2v) is 9.14. The minimum absolute atomic E-state index is 0.195. The van der Waals surface area contributed by atoms with Crippen molar-refractivity contribution in [3.63, 3.8) is 0 Å². The number of hydrogen-bond donors (Lipinski definition) is 1. The number of ether oxygens (including phenoxy) is 2. The lowest BCUT2D eigenvalue weighted by Gasteiger charge is -2.17. The fraction of sp³-hybridized carbons (Fsp3) is 0.240. The summed E-state index contributed by atoms with van der Waals surface area (Å²) < 4.78 is 15.8. The number of fused-ring (bicyclic) bond motifs is 2. The van der Waals surface area contributed by atoms with Crippen LogP contribution in [-0.2, 0) is 11.3 Å². The van der Waals surface area contributed by atoms with E-state index in [-0.39, 0.29) is 30.7 Å². The fourth-order valence-corrected chi connectivity index (χ4v) is 4.70. The second kappa shape index (κ2) is 9.28. The Bertz CT molecular complexity index is 1500. The van der Waals surface area contributed by atoms with Crippen LogP contribution in [0.5, 0.6) is 11.5 Å². The molecule has 34 heavy (non-hydrogen) atoms. The van der Waals surface area contributed by atoms with Crippen LogP contribution < -0.4 is 10.4 Å². The summed E-state index contributed by atoms with van der Waals surface area (Å²) in [5.74, 6) is 0.933. The van der Waals surface area contributed by atoms with E-state index in [0.717, 1.165) is 32.1 Å². The van der Waals surface area contributed by atoms with Gasteiger partial charge in [-0.05, 0) is 67.4 Å². The lowest BCUT2D eigenvalue weighted by molar-refractivity contribution is 0.0143. The van der Waals surface area contributed by atoms with Crippen molar-refractivity contribution in [1.29, 1.82) is 0 Å². The SMILES string of the molecule is CCOC(COc1ccc2nc(C)sc2c1)Cn1nc2ccc(-c3ccc(O)cc3)cn2c1=O. The van der Waals surface area contributed by atoms with E-state index in [1.54, 1.807) is 47.9 Å². The zero-order valence-electron chi connectivity index (χ0n) is 18.8. The first-order valence-electron chi connectivity index (χ1n) is 11.0. The van der Waals surface area contributed by atoms with Gasteiger partial charge in [-0.25, -0.2) is 18.9 Å². The molecule has 0 aliphatic rings. The van der Waals surface area contributed by atoms with Crippen molar-refractivity contribution < 1.29 is 14.6 Å². The Morgan fingerprint density at radius 1 is 1.09 bits per heavy atom. The smallest absolute Gasteiger partial charge is 0.350 e. The summed E-state index contributed by atoms with van der Waals surface area (Å²) in [6.07, 6.45) is 1.41. The number of phenols is 1. The summed E-state index contributed by atoms with van der Waals surface area (Å²) in [6.45, 7) is 4.95. The summed E-state index contributed by atoms with van der Waals surface area (Å²) in [5.41, 5.74) is 3.01. The van der Waals surface area contributed by atoms with Crippen LogP contribution >= 0.6 is 11.3 Å². The van der Waals surface area contributed by atoms with Gasteiger partial charge in [-0.15, -0.1) is 16.4 Å². The maximum Gasteiger partial charge on any atom is 0.350 e. The van der Waals surface area contributed by atoms with Crippen LogP contribution in [0.1, 0.15) is 11.9 Å². The fourth-order valence-electron chi connectivity index (χ4n) is 3.84. The molecule has 0 radical (unpaired) electrons. The molecule has 0 saturated heterocycles. The first-order valence-corrected chi connectivity index (χ1v) is 11.8. The molecule has 9 heteroatoms. The van der Waals surface area contributed by atoms with E-state index in [1.807, 2.05) is 38.1 Å². The highest BCUT2D eigenvalue weighted by Gasteiger charge is 2.16. The maximum atomic E-state index is 13.1. The highest BCUT2D eigenvalue weighted by atomic mass is 32.1. The minimum Gasteiger partial charge on any atom is -0.508 e. The highest BCUT2D eigenvalue weighted by molar-refractivity contribution is 7.18. The van der Waals surface area contributed by atoms with E-state index >= 15 is 0 Å². The molecular formula is C25H24N4O4S. The van der Waals surface area contributed by atoms with Gasteiger partial charge in [0.15, 0.2) is 5.65 Å². The van der Waals surface area contributed by atoms with E-state index in [2.05, 4.69) is 10.1 Å². The Morgan fingerprint density at radius 3 is 2.68 bits per heavy atom. The lowest BCUT2D eigenvalue weighted by atomic mass is 10.1. The number of aromatic nitrogens is 4. The molecule has 1 unspecified atom stereocenters. The highest BCUT2D eigenvalue weighted by Crippen LogP contribution is 2.26. The van der Waals surface area contributed by atoms with Crippen molar-refractivity contribution in [1.82, 2.24) is 19.2 Å². The predicted octanol–water partition coefficient (Wildman–Crippen LogP) is 4.27. The average molecular weight is 477 g/mol. The first-order chi connectivity index (χ1) is 16.5. The van der Waals surface area contributed by atoms with Crippen LogP contribution in [0.25, 0.3) is 27.0 Å². The first kappa shape index (κ1) is 22.1. The van der Waals surface area contributed by atoms with Crippen molar-refractivity contribution in [2.24, 2.45) is 0 Å². The van der Waals surface area contributed by atoms with Gasteiger partial charge in [0.2, 0.25) is 0 Å². The molecule has 0 amide bonds. The summed E-state index contributed by atoms with van der Waals surface area (Å²) in [7, 11) is 0. The van der Waals surface area contributed by atoms with E-state index in [0.29, 0.717) is 12.3 Å². The molecule has 5 rings (SSSR count). The summed E-state index contributed by atoms with van der Waals surface area (Å²) in [4.78, 5) is 17.5. The molecule has 0 aliphatic heterocycles. The zero-order valence-corrected chi connectivity index (χ0v) is 19.7. The third kappa shape index (κ3) is 4.52. The van der Waals surface area contributed by atoms with E-state index < -0.39 is 0 Å². The van der Waals surface area contributed by atoms with Crippen LogP contribution in [0.3, 0.4) is 0 Å². The molecule has 5 aromatic rings. The zero-order chi connectivity index (χ0) is 23.7. The van der Waals surface area contributed by atoms with Gasteiger partial charge in [-0.1, -0.05) is 12.1 Å². The number of aromatic hydroxyl groups is 1. The third-order valence-corrected chi connectivity index (χ3v) is 6.39. The average Bonchev–Trinajstić information content (AvgIpc) is 3.36. The van der Waals surface area contributed by atoms with Gasteiger partial charge in [0, 0.05) is 12.8 Å². The van der Waals surface area contributed by atoms with E-state index in [1.165, 1.54) is 9.08 Å². The molecule has 8 nitrogen and oxygen atoms in total. The monoisotopic (exact) mass is 476 g/mol. The molecule has 0 bridgehead atoms. The Balaban J connectivity index is 1.35. The largest absolute Gasteiger partial charge is 0.508 e. The molecule has 0 fully saturated rings. The van der Waals surface area contributed by atoms with Crippen molar-refractivity contribution in [2.45, 2.75) is 26.5 Å². The number of benzene rings is 2. The summed E-state index contributed by atoms with van der Waals surface area (Å²) >= 11 is 1.62. The van der Waals surface area contributed by atoms with Crippen LogP contribution in [0.4, 0.5) is 0 Å². The molecule has 3 aromatic heterocycles. The molecular weight excluding hydrogens is 452 g/mol. The van der Waals surface area contributed by atoms with Crippen molar-refractivity contribution >= 4 is 27.2 Å². The van der Waals surface area contributed by atoms with E-state index in [9.17, 15) is 9.90 Å². The number of thiazole rings is 1. The molecule has 2 aromatic carbocycles. The normalized spacial score (nSPS) is 12.4. The van der Waals surface area contributed by atoms with Crippen molar-refractivity contribution in [3.8, 4) is 22.6 Å². The maximum absolute atomic E-state index is 13.1. The van der Waals surface area contributed by atoms with Gasteiger partial charge in [-0.3, -0.25) is 0 Å². The number of nitrogens with zero attached hydrogens (tertiary/aromatic N) is 4. The number of aryl methyl sites for hydroxylation is 1. The number of hydrogen-bond acceptors (Lipinski definition) is 7. The van der Waals surface area contributed by atoms with Gasteiger partial charge in [0.05, 0.1) is 21.8 Å². The molecule has 3 heterocycles. The second-order valence-electron chi connectivity index (χ2n) is 7.91. The molecule has 0 saturated carbocycles. The summed E-state index contributed by atoms with van der Waals surface area (Å²) in [5, 5.41) is 15.0. The van der Waals surface area contributed by atoms with Gasteiger partial charge >= 0.3 is 5.69 Å². The molecule has 1 N–H and O–H groups in total. The van der Waals surface area contributed by atoms with Gasteiger partial charge in [0.1, 0.15) is 24.2 Å². The van der Waals surface area contributed by atoms with Crippen molar-refractivity contribution in [3.05, 3.63) is 76.3 Å². The van der Waals surface area contributed by atoms with Crippen LogP contribution in [0.15, 0.2) is 65.6 Å². The van der Waals surface area contributed by atoms with Crippen LogP contribution in [0.2, 0.25) is 0 Å². The number of pyridine rings is 1. The molecule has 1 atom stereocenters. The third-order valence-electron chi connectivity index (χ3n) is 5.46. The topological polar surface area (TPSA) is 90.9 Å². The quantitative estimate of drug-likeness (QED) is 0.360. The van der Waals surface area contributed by atoms with Gasteiger partial charge in [-0.2, -0.15) is 0 Å². The number of phenolic OH excluding ortho intramolecular Hbond substituents is 1. The Morgan fingerprint density at radius 2 is 1.88 bits per heavy atom.